The third kappa shape index (κ3) is 3.19. The second-order valence-corrected chi connectivity index (χ2v) is 7.28. The Hall–Kier alpha value is -2.78. The summed E-state index contributed by atoms with van der Waals surface area (Å²) in [6.45, 7) is 4.09. The van der Waals surface area contributed by atoms with Gasteiger partial charge in [0.25, 0.3) is 0 Å². The highest BCUT2D eigenvalue weighted by molar-refractivity contribution is 6.30. The summed E-state index contributed by atoms with van der Waals surface area (Å²) < 4.78 is 5.28. The minimum atomic E-state index is -0.00986. The first kappa shape index (κ1) is 17.6. The van der Waals surface area contributed by atoms with Gasteiger partial charge in [-0.15, -0.1) is 0 Å². The van der Waals surface area contributed by atoms with Crippen LogP contribution in [0.1, 0.15) is 23.5 Å². The highest BCUT2D eigenvalue weighted by Gasteiger charge is 2.33. The van der Waals surface area contributed by atoms with Gasteiger partial charge < -0.3 is 9.64 Å². The third-order valence-corrected chi connectivity index (χ3v) is 5.23. The number of ether oxygens (including phenoxy) is 1. The first-order valence-electron chi connectivity index (χ1n) is 8.87. The molecule has 3 nitrogen and oxygen atoms in total. The summed E-state index contributed by atoms with van der Waals surface area (Å²) in [7, 11) is 1.65. The van der Waals surface area contributed by atoms with E-state index in [1.54, 1.807) is 12.0 Å². The standard InChI is InChI=1S/C23H20ClNO2/c1-15(24)14-25-21-12-9-16-5-3-4-6-19(16)23(21)20(13-22(25)26)17-7-10-18(27-2)11-8-17/h3-12,20H,1,13-14H2,2H3. The Morgan fingerprint density at radius 2 is 1.89 bits per heavy atom. The number of hydrogen-bond donors (Lipinski definition) is 0. The number of benzene rings is 3. The van der Waals surface area contributed by atoms with Gasteiger partial charge in [0.05, 0.1) is 13.7 Å². The van der Waals surface area contributed by atoms with Crippen LogP contribution in [0.3, 0.4) is 0 Å². The molecule has 1 atom stereocenters. The molecule has 0 aromatic heterocycles. The summed E-state index contributed by atoms with van der Waals surface area (Å²) in [6.07, 6.45) is 0.400. The lowest BCUT2D eigenvalue weighted by molar-refractivity contribution is -0.119. The van der Waals surface area contributed by atoms with Crippen LogP contribution in [0.4, 0.5) is 5.69 Å². The largest absolute Gasteiger partial charge is 0.497 e. The molecule has 1 aliphatic heterocycles. The highest BCUT2D eigenvalue weighted by Crippen LogP contribution is 2.44. The smallest absolute Gasteiger partial charge is 0.228 e. The Bertz CT molecular complexity index is 1030. The zero-order chi connectivity index (χ0) is 19.0. The van der Waals surface area contributed by atoms with E-state index in [9.17, 15) is 4.79 Å². The Morgan fingerprint density at radius 3 is 2.59 bits per heavy atom. The average molecular weight is 378 g/mol. The van der Waals surface area contributed by atoms with Crippen LogP contribution in [-0.2, 0) is 4.79 Å². The van der Waals surface area contributed by atoms with Gasteiger partial charge in [-0.3, -0.25) is 4.79 Å². The number of nitrogens with zero attached hydrogens (tertiary/aromatic N) is 1. The number of halogens is 1. The molecule has 0 spiro atoms. The molecule has 3 aromatic carbocycles. The van der Waals surface area contributed by atoms with Crippen LogP contribution in [0.15, 0.2) is 72.3 Å². The van der Waals surface area contributed by atoms with Gasteiger partial charge in [0.1, 0.15) is 5.75 Å². The molecule has 3 aromatic rings. The highest BCUT2D eigenvalue weighted by atomic mass is 35.5. The van der Waals surface area contributed by atoms with Gasteiger partial charge in [-0.05, 0) is 40.1 Å². The fraction of sp³-hybridized carbons (Fsp3) is 0.174. The molecule has 1 unspecified atom stereocenters. The first-order valence-corrected chi connectivity index (χ1v) is 9.25. The van der Waals surface area contributed by atoms with Gasteiger partial charge in [-0.25, -0.2) is 0 Å². The van der Waals surface area contributed by atoms with E-state index in [0.717, 1.165) is 33.3 Å². The summed E-state index contributed by atoms with van der Waals surface area (Å²) >= 11 is 6.05. The van der Waals surface area contributed by atoms with E-state index in [2.05, 4.69) is 24.8 Å². The fourth-order valence-corrected chi connectivity index (χ4v) is 3.99. The molecule has 1 aliphatic rings. The lowest BCUT2D eigenvalue weighted by Crippen LogP contribution is -2.37. The molecule has 0 N–H and O–H groups in total. The van der Waals surface area contributed by atoms with Crippen LogP contribution < -0.4 is 9.64 Å². The Balaban J connectivity index is 1.92. The van der Waals surface area contributed by atoms with Crippen molar-refractivity contribution in [3.05, 3.63) is 83.4 Å². The van der Waals surface area contributed by atoms with E-state index < -0.39 is 0 Å². The van der Waals surface area contributed by atoms with Crippen LogP contribution in [-0.4, -0.2) is 19.6 Å². The van der Waals surface area contributed by atoms with Gasteiger partial charge in [0.2, 0.25) is 5.91 Å². The van der Waals surface area contributed by atoms with Gasteiger partial charge in [-0.1, -0.05) is 60.6 Å². The number of fused-ring (bicyclic) bond motifs is 3. The quantitative estimate of drug-likeness (QED) is 0.603. The van der Waals surface area contributed by atoms with Crippen molar-refractivity contribution in [2.24, 2.45) is 0 Å². The van der Waals surface area contributed by atoms with Crippen LogP contribution in [0.5, 0.6) is 5.75 Å². The van der Waals surface area contributed by atoms with E-state index >= 15 is 0 Å². The van der Waals surface area contributed by atoms with Gasteiger partial charge in [0, 0.05) is 23.1 Å². The van der Waals surface area contributed by atoms with Gasteiger partial charge in [0.15, 0.2) is 0 Å². The molecule has 136 valence electrons. The van der Waals surface area contributed by atoms with Crippen LogP contribution in [0.2, 0.25) is 0 Å². The second kappa shape index (κ2) is 7.09. The number of carbonyl (C=O) groups is 1. The molecular formula is C23H20ClNO2. The van der Waals surface area contributed by atoms with Crippen molar-refractivity contribution in [3.8, 4) is 5.75 Å². The number of carbonyl (C=O) groups excluding carboxylic acids is 1. The predicted octanol–water partition coefficient (Wildman–Crippen LogP) is 5.47. The maximum atomic E-state index is 12.9. The molecule has 0 radical (unpaired) electrons. The maximum absolute atomic E-state index is 12.9. The van der Waals surface area contributed by atoms with E-state index in [4.69, 9.17) is 16.3 Å². The van der Waals surface area contributed by atoms with Crippen LogP contribution in [0.25, 0.3) is 10.8 Å². The van der Waals surface area contributed by atoms with E-state index in [1.165, 1.54) is 0 Å². The van der Waals surface area contributed by atoms with Crippen molar-refractivity contribution in [1.29, 1.82) is 0 Å². The van der Waals surface area contributed by atoms with Crippen molar-refractivity contribution >= 4 is 34.0 Å². The number of rotatable bonds is 4. The predicted molar refractivity (Wildman–Crippen MR) is 111 cm³/mol. The fourth-order valence-electron chi connectivity index (χ4n) is 3.87. The lowest BCUT2D eigenvalue weighted by atomic mass is 9.81. The SMILES string of the molecule is C=C(Cl)CN1C(=O)CC(c2ccc(OC)cc2)c2c1ccc1ccccc21. The van der Waals surface area contributed by atoms with Crippen LogP contribution in [0, 0.1) is 0 Å². The van der Waals surface area contributed by atoms with Crippen molar-refractivity contribution in [3.63, 3.8) is 0 Å². The summed E-state index contributed by atoms with van der Waals surface area (Å²) in [5, 5.41) is 2.77. The third-order valence-electron chi connectivity index (χ3n) is 5.11. The van der Waals surface area contributed by atoms with Crippen molar-refractivity contribution < 1.29 is 9.53 Å². The monoisotopic (exact) mass is 377 g/mol. The van der Waals surface area contributed by atoms with E-state index in [1.807, 2.05) is 42.5 Å². The number of amides is 1. The Kier molecular flexibility index (Phi) is 4.63. The first-order chi connectivity index (χ1) is 13.1. The van der Waals surface area contributed by atoms with Crippen LogP contribution >= 0.6 is 11.6 Å². The molecule has 1 amide bonds. The molecule has 27 heavy (non-hydrogen) atoms. The van der Waals surface area contributed by atoms with Gasteiger partial charge >= 0.3 is 0 Å². The van der Waals surface area contributed by atoms with Crippen molar-refractivity contribution in [1.82, 2.24) is 0 Å². The summed E-state index contributed by atoms with van der Waals surface area (Å²) in [5.41, 5.74) is 3.18. The number of anilines is 1. The summed E-state index contributed by atoms with van der Waals surface area (Å²) in [6, 6.07) is 20.3. The average Bonchev–Trinajstić information content (AvgIpc) is 2.69. The molecule has 0 bridgehead atoms. The molecule has 1 heterocycles. The van der Waals surface area contributed by atoms with E-state index in [-0.39, 0.29) is 11.8 Å². The molecule has 4 rings (SSSR count). The number of methoxy groups -OCH3 is 1. The molecule has 0 saturated heterocycles. The van der Waals surface area contributed by atoms with Gasteiger partial charge in [-0.2, -0.15) is 0 Å². The van der Waals surface area contributed by atoms with E-state index in [0.29, 0.717) is 18.0 Å². The Morgan fingerprint density at radius 1 is 1.15 bits per heavy atom. The normalized spacial score (nSPS) is 16.3. The Labute approximate surface area is 163 Å². The van der Waals surface area contributed by atoms with Crippen molar-refractivity contribution in [2.75, 3.05) is 18.6 Å². The summed E-state index contributed by atoms with van der Waals surface area (Å²) in [4.78, 5) is 14.7. The maximum Gasteiger partial charge on any atom is 0.228 e. The molecule has 0 fully saturated rings. The molecule has 4 heteroatoms. The topological polar surface area (TPSA) is 29.5 Å². The number of hydrogen-bond acceptors (Lipinski definition) is 2. The zero-order valence-corrected chi connectivity index (χ0v) is 15.9. The molecular weight excluding hydrogens is 358 g/mol. The minimum absolute atomic E-state index is 0.00986. The lowest BCUT2D eigenvalue weighted by Gasteiger charge is -2.35. The molecule has 0 aliphatic carbocycles. The molecule has 0 saturated carbocycles. The van der Waals surface area contributed by atoms with Crippen molar-refractivity contribution in [2.45, 2.75) is 12.3 Å². The zero-order valence-electron chi connectivity index (χ0n) is 15.1. The summed E-state index contributed by atoms with van der Waals surface area (Å²) in [5.74, 6) is 0.851. The second-order valence-electron chi connectivity index (χ2n) is 6.75. The minimum Gasteiger partial charge on any atom is -0.497 e.